The van der Waals surface area contributed by atoms with Crippen LogP contribution >= 0.6 is 0 Å². The van der Waals surface area contributed by atoms with Gasteiger partial charge in [-0.1, -0.05) is 0 Å². The van der Waals surface area contributed by atoms with Gasteiger partial charge in [0.15, 0.2) is 0 Å². The first-order valence-corrected chi connectivity index (χ1v) is 3.87. The van der Waals surface area contributed by atoms with Gasteiger partial charge in [0.2, 0.25) is 0 Å². The van der Waals surface area contributed by atoms with E-state index in [1.165, 1.54) is 6.92 Å². The van der Waals surface area contributed by atoms with Crippen molar-refractivity contribution in [1.29, 1.82) is 0 Å². The number of rotatable bonds is 1. The molecule has 0 aromatic rings. The van der Waals surface area contributed by atoms with E-state index in [0.29, 0.717) is 6.54 Å². The summed E-state index contributed by atoms with van der Waals surface area (Å²) in [7, 11) is 0. The van der Waals surface area contributed by atoms with Crippen molar-refractivity contribution in [1.82, 2.24) is 5.06 Å². The zero-order chi connectivity index (χ0) is 8.27. The van der Waals surface area contributed by atoms with Crippen LogP contribution in [0.15, 0.2) is 0 Å². The molecule has 1 heterocycles. The van der Waals surface area contributed by atoms with E-state index >= 15 is 0 Å². The predicted molar refractivity (Wildman–Crippen MR) is 40.5 cm³/mol. The van der Waals surface area contributed by atoms with Crippen LogP contribution in [0.5, 0.6) is 0 Å². The fraction of sp³-hybridized carbons (Fsp3) is 0.857. The van der Waals surface area contributed by atoms with E-state index in [2.05, 4.69) is 0 Å². The highest BCUT2D eigenvalue weighted by Crippen LogP contribution is 2.07. The third-order valence-corrected chi connectivity index (χ3v) is 1.68. The molecule has 0 bridgehead atoms. The molecule has 1 saturated heterocycles. The summed E-state index contributed by atoms with van der Waals surface area (Å²) in [6.45, 7) is 2.88. The number of hydrogen-bond donors (Lipinski definition) is 1. The highest BCUT2D eigenvalue weighted by molar-refractivity contribution is 5.65. The van der Waals surface area contributed by atoms with Crippen LogP contribution in [-0.4, -0.2) is 30.2 Å². The first-order valence-electron chi connectivity index (χ1n) is 3.87. The topological polar surface area (TPSA) is 55.6 Å². The number of nitrogens with two attached hydrogens (primary N) is 1. The average molecular weight is 158 g/mol. The third kappa shape index (κ3) is 2.86. The zero-order valence-electron chi connectivity index (χ0n) is 6.75. The van der Waals surface area contributed by atoms with Crippen LogP contribution in [0.2, 0.25) is 0 Å². The van der Waals surface area contributed by atoms with Gasteiger partial charge in [-0.2, -0.15) is 0 Å². The summed E-state index contributed by atoms with van der Waals surface area (Å²) in [6.07, 6.45) is 2.03. The number of piperidine rings is 1. The molecule has 0 aromatic heterocycles. The molecule has 1 fully saturated rings. The Morgan fingerprint density at radius 1 is 1.73 bits per heavy atom. The smallest absolute Gasteiger partial charge is 0.322 e. The molecule has 0 saturated carbocycles. The molecule has 4 nitrogen and oxygen atoms in total. The molecule has 2 N–H and O–H groups in total. The SMILES string of the molecule is CC(=O)ON1CCCC(N)C1. The maximum absolute atomic E-state index is 10.5. The fourth-order valence-electron chi connectivity index (χ4n) is 1.24. The molecule has 0 radical (unpaired) electrons. The van der Waals surface area contributed by atoms with Crippen molar-refractivity contribution in [3.8, 4) is 0 Å². The summed E-state index contributed by atoms with van der Waals surface area (Å²) in [5.74, 6) is -0.265. The lowest BCUT2D eigenvalue weighted by Gasteiger charge is -2.28. The van der Waals surface area contributed by atoms with Gasteiger partial charge in [-0.25, -0.2) is 0 Å². The van der Waals surface area contributed by atoms with Crippen molar-refractivity contribution in [3.05, 3.63) is 0 Å². The van der Waals surface area contributed by atoms with E-state index < -0.39 is 0 Å². The maximum Gasteiger partial charge on any atom is 0.322 e. The lowest BCUT2D eigenvalue weighted by molar-refractivity contribution is -0.192. The normalized spacial score (nSPS) is 26.5. The average Bonchev–Trinajstić information content (AvgIpc) is 1.85. The van der Waals surface area contributed by atoms with Crippen molar-refractivity contribution in [3.63, 3.8) is 0 Å². The molecular weight excluding hydrogens is 144 g/mol. The summed E-state index contributed by atoms with van der Waals surface area (Å²) in [6, 6.07) is 0.156. The Morgan fingerprint density at radius 3 is 3.00 bits per heavy atom. The van der Waals surface area contributed by atoms with E-state index in [1.807, 2.05) is 0 Å². The zero-order valence-corrected chi connectivity index (χ0v) is 6.75. The number of carbonyl (C=O) groups is 1. The summed E-state index contributed by atoms with van der Waals surface area (Å²) in [5, 5.41) is 1.64. The van der Waals surface area contributed by atoms with Crippen LogP contribution in [-0.2, 0) is 9.63 Å². The lowest BCUT2D eigenvalue weighted by Crippen LogP contribution is -2.43. The van der Waals surface area contributed by atoms with Crippen molar-refractivity contribution in [2.24, 2.45) is 5.73 Å². The molecule has 0 aromatic carbocycles. The second-order valence-corrected chi connectivity index (χ2v) is 2.87. The highest BCUT2D eigenvalue weighted by Gasteiger charge is 2.18. The van der Waals surface area contributed by atoms with Gasteiger partial charge in [-0.05, 0) is 12.8 Å². The summed E-state index contributed by atoms with van der Waals surface area (Å²) in [5.41, 5.74) is 5.67. The van der Waals surface area contributed by atoms with Gasteiger partial charge in [0.25, 0.3) is 0 Å². The highest BCUT2D eigenvalue weighted by atomic mass is 16.7. The number of hydroxylamine groups is 2. The van der Waals surface area contributed by atoms with Crippen LogP contribution in [0.3, 0.4) is 0 Å². The monoisotopic (exact) mass is 158 g/mol. The molecule has 1 aliphatic heterocycles. The van der Waals surface area contributed by atoms with E-state index in [-0.39, 0.29) is 12.0 Å². The minimum atomic E-state index is -0.265. The standard InChI is InChI=1S/C7H14N2O2/c1-6(10)11-9-4-2-3-7(8)5-9/h7H,2-5,8H2,1H3. The molecule has 0 amide bonds. The quantitative estimate of drug-likeness (QED) is 0.578. The molecule has 0 aliphatic carbocycles. The molecule has 1 aliphatic rings. The lowest BCUT2D eigenvalue weighted by atomic mass is 10.1. The van der Waals surface area contributed by atoms with E-state index in [4.69, 9.17) is 10.6 Å². The minimum absolute atomic E-state index is 0.156. The van der Waals surface area contributed by atoms with Crippen LogP contribution in [0.25, 0.3) is 0 Å². The Hall–Kier alpha value is -0.610. The number of nitrogens with zero attached hydrogens (tertiary/aromatic N) is 1. The Kier molecular flexibility index (Phi) is 2.84. The Balaban J connectivity index is 2.28. The van der Waals surface area contributed by atoms with Gasteiger partial charge in [0.05, 0.1) is 6.54 Å². The largest absolute Gasteiger partial charge is 0.368 e. The second-order valence-electron chi connectivity index (χ2n) is 2.87. The molecule has 1 unspecified atom stereocenters. The first-order chi connectivity index (χ1) is 5.18. The molecule has 1 atom stereocenters. The van der Waals surface area contributed by atoms with Gasteiger partial charge in [-0.3, -0.25) is 4.79 Å². The fourth-order valence-corrected chi connectivity index (χ4v) is 1.24. The molecule has 64 valence electrons. The minimum Gasteiger partial charge on any atom is -0.368 e. The maximum atomic E-state index is 10.5. The second kappa shape index (κ2) is 3.69. The summed E-state index contributed by atoms with van der Waals surface area (Å²) < 4.78 is 0. The van der Waals surface area contributed by atoms with Crippen LogP contribution in [0.4, 0.5) is 0 Å². The molecule has 0 spiro atoms. The third-order valence-electron chi connectivity index (χ3n) is 1.68. The molecule has 11 heavy (non-hydrogen) atoms. The van der Waals surface area contributed by atoms with Crippen molar-refractivity contribution < 1.29 is 9.63 Å². The Bertz CT molecular complexity index is 149. The van der Waals surface area contributed by atoms with Gasteiger partial charge in [0, 0.05) is 19.5 Å². The summed E-state index contributed by atoms with van der Waals surface area (Å²) >= 11 is 0. The van der Waals surface area contributed by atoms with E-state index in [1.54, 1.807) is 5.06 Å². The van der Waals surface area contributed by atoms with Gasteiger partial charge in [-0.15, -0.1) is 5.06 Å². The number of carbonyl (C=O) groups excluding carboxylic acids is 1. The van der Waals surface area contributed by atoms with Crippen molar-refractivity contribution in [2.75, 3.05) is 13.1 Å². The summed E-state index contributed by atoms with van der Waals surface area (Å²) in [4.78, 5) is 15.4. The number of hydrogen-bond acceptors (Lipinski definition) is 4. The van der Waals surface area contributed by atoms with Gasteiger partial charge < -0.3 is 10.6 Å². The van der Waals surface area contributed by atoms with E-state index in [0.717, 1.165) is 19.4 Å². The Labute approximate surface area is 66.3 Å². The first kappa shape index (κ1) is 8.49. The Morgan fingerprint density at radius 2 is 2.45 bits per heavy atom. The van der Waals surface area contributed by atoms with Crippen LogP contribution < -0.4 is 5.73 Å². The predicted octanol–water partition coefficient (Wildman–Crippen LogP) is -0.112. The van der Waals surface area contributed by atoms with Crippen molar-refractivity contribution >= 4 is 5.97 Å². The molecule has 4 heteroatoms. The van der Waals surface area contributed by atoms with Crippen LogP contribution in [0.1, 0.15) is 19.8 Å². The van der Waals surface area contributed by atoms with Crippen molar-refractivity contribution in [2.45, 2.75) is 25.8 Å². The van der Waals surface area contributed by atoms with E-state index in [9.17, 15) is 4.79 Å². The van der Waals surface area contributed by atoms with Crippen LogP contribution in [0, 0.1) is 0 Å². The molecule has 1 rings (SSSR count). The van der Waals surface area contributed by atoms with Gasteiger partial charge in [0.1, 0.15) is 0 Å². The molecular formula is C7H14N2O2. The van der Waals surface area contributed by atoms with Gasteiger partial charge >= 0.3 is 5.97 Å².